The molecule has 2 rings (SSSR count). The largest absolute Gasteiger partial charge is 0.379 e. The summed E-state index contributed by atoms with van der Waals surface area (Å²) in [5, 5.41) is 0. The number of morpholine rings is 1. The predicted octanol–water partition coefficient (Wildman–Crippen LogP) is 3.07. The molecule has 2 heteroatoms. The van der Waals surface area contributed by atoms with E-state index in [4.69, 9.17) is 4.74 Å². The van der Waals surface area contributed by atoms with Crippen molar-refractivity contribution < 1.29 is 4.74 Å². The Morgan fingerprint density at radius 2 is 1.69 bits per heavy atom. The molecule has 16 heavy (non-hydrogen) atoms. The average molecular weight is 225 g/mol. The summed E-state index contributed by atoms with van der Waals surface area (Å²) in [5.74, 6) is 1.07. The number of nitrogens with zero attached hydrogens (tertiary/aromatic N) is 1. The second kappa shape index (κ2) is 7.29. The van der Waals surface area contributed by atoms with Crippen LogP contribution in [-0.4, -0.2) is 37.7 Å². The van der Waals surface area contributed by atoms with Crippen LogP contribution in [0.1, 0.15) is 51.4 Å². The van der Waals surface area contributed by atoms with Gasteiger partial charge in [0, 0.05) is 13.1 Å². The third kappa shape index (κ3) is 4.42. The summed E-state index contributed by atoms with van der Waals surface area (Å²) >= 11 is 0. The lowest BCUT2D eigenvalue weighted by molar-refractivity contribution is 0.0369. The third-order valence-electron chi connectivity index (χ3n) is 4.17. The van der Waals surface area contributed by atoms with Gasteiger partial charge in [0.1, 0.15) is 0 Å². The maximum atomic E-state index is 5.36. The van der Waals surface area contributed by atoms with Gasteiger partial charge in [-0.1, -0.05) is 44.9 Å². The van der Waals surface area contributed by atoms with Gasteiger partial charge in [0.05, 0.1) is 13.2 Å². The van der Waals surface area contributed by atoms with E-state index < -0.39 is 0 Å². The summed E-state index contributed by atoms with van der Waals surface area (Å²) in [7, 11) is 0. The van der Waals surface area contributed by atoms with E-state index in [2.05, 4.69) is 4.90 Å². The summed E-state index contributed by atoms with van der Waals surface area (Å²) in [4.78, 5) is 2.56. The molecule has 0 atom stereocenters. The van der Waals surface area contributed by atoms with Crippen LogP contribution in [0, 0.1) is 5.92 Å². The first kappa shape index (κ1) is 12.4. The topological polar surface area (TPSA) is 12.5 Å². The minimum absolute atomic E-state index is 0.947. The normalized spacial score (nSPS) is 24.8. The van der Waals surface area contributed by atoms with Gasteiger partial charge in [-0.2, -0.15) is 0 Å². The molecule has 0 aromatic rings. The molecule has 0 spiro atoms. The van der Waals surface area contributed by atoms with Crippen molar-refractivity contribution in [3.8, 4) is 0 Å². The fourth-order valence-corrected chi connectivity index (χ4v) is 3.07. The fraction of sp³-hybridized carbons (Fsp3) is 1.00. The standard InChI is InChI=1S/C14H27NO/c1-2-6-14(7-3-1)8-4-5-9-15-10-12-16-13-11-15/h14H,1-13H2. The van der Waals surface area contributed by atoms with Crippen LogP contribution in [-0.2, 0) is 4.74 Å². The maximum Gasteiger partial charge on any atom is 0.0594 e. The molecule has 1 heterocycles. The van der Waals surface area contributed by atoms with Crippen molar-refractivity contribution in [1.29, 1.82) is 0 Å². The van der Waals surface area contributed by atoms with Crippen LogP contribution in [0.5, 0.6) is 0 Å². The van der Waals surface area contributed by atoms with Gasteiger partial charge < -0.3 is 4.74 Å². The molecule has 94 valence electrons. The SMILES string of the molecule is C1CCC(CCCCN2CCOCC2)CC1. The van der Waals surface area contributed by atoms with E-state index >= 15 is 0 Å². The van der Waals surface area contributed by atoms with Gasteiger partial charge >= 0.3 is 0 Å². The van der Waals surface area contributed by atoms with E-state index in [0.717, 1.165) is 32.2 Å². The first-order chi connectivity index (χ1) is 7.95. The Kier molecular flexibility index (Phi) is 5.64. The highest BCUT2D eigenvalue weighted by atomic mass is 16.5. The Balaban J connectivity index is 1.47. The Morgan fingerprint density at radius 1 is 0.938 bits per heavy atom. The van der Waals surface area contributed by atoms with Crippen LogP contribution in [0.25, 0.3) is 0 Å². The Hall–Kier alpha value is -0.0800. The summed E-state index contributed by atoms with van der Waals surface area (Å²) in [6, 6.07) is 0. The Morgan fingerprint density at radius 3 is 2.44 bits per heavy atom. The molecular formula is C14H27NO. The summed E-state index contributed by atoms with van der Waals surface area (Å²) in [5.41, 5.74) is 0. The molecule has 1 saturated carbocycles. The highest BCUT2D eigenvalue weighted by Crippen LogP contribution is 2.27. The molecule has 0 aromatic carbocycles. The highest BCUT2D eigenvalue weighted by molar-refractivity contribution is 4.67. The molecule has 1 aliphatic heterocycles. The number of hydrogen-bond donors (Lipinski definition) is 0. The van der Waals surface area contributed by atoms with Crippen LogP contribution < -0.4 is 0 Å². The lowest BCUT2D eigenvalue weighted by Crippen LogP contribution is -2.36. The van der Waals surface area contributed by atoms with Gasteiger partial charge in [-0.15, -0.1) is 0 Å². The van der Waals surface area contributed by atoms with Crippen molar-refractivity contribution in [2.24, 2.45) is 5.92 Å². The quantitative estimate of drug-likeness (QED) is 0.667. The zero-order valence-electron chi connectivity index (χ0n) is 10.6. The molecule has 0 unspecified atom stereocenters. The molecule has 2 fully saturated rings. The smallest absolute Gasteiger partial charge is 0.0594 e. The van der Waals surface area contributed by atoms with Crippen LogP contribution in [0.2, 0.25) is 0 Å². The molecule has 1 aliphatic carbocycles. The molecule has 1 saturated heterocycles. The maximum absolute atomic E-state index is 5.36. The molecule has 0 radical (unpaired) electrons. The molecule has 2 nitrogen and oxygen atoms in total. The van der Waals surface area contributed by atoms with Crippen molar-refractivity contribution in [2.45, 2.75) is 51.4 Å². The van der Waals surface area contributed by atoms with E-state index in [9.17, 15) is 0 Å². The van der Waals surface area contributed by atoms with Gasteiger partial charge in [-0.25, -0.2) is 0 Å². The van der Waals surface area contributed by atoms with Gasteiger partial charge in [0.25, 0.3) is 0 Å². The van der Waals surface area contributed by atoms with Crippen molar-refractivity contribution in [1.82, 2.24) is 4.90 Å². The summed E-state index contributed by atoms with van der Waals surface area (Å²) in [6.07, 6.45) is 11.8. The van der Waals surface area contributed by atoms with Gasteiger partial charge in [0.2, 0.25) is 0 Å². The van der Waals surface area contributed by atoms with Crippen molar-refractivity contribution in [3.05, 3.63) is 0 Å². The minimum atomic E-state index is 0.947. The minimum Gasteiger partial charge on any atom is -0.379 e. The molecular weight excluding hydrogens is 198 g/mol. The zero-order valence-corrected chi connectivity index (χ0v) is 10.6. The lowest BCUT2D eigenvalue weighted by Gasteiger charge is -2.27. The van der Waals surface area contributed by atoms with Gasteiger partial charge in [0.15, 0.2) is 0 Å². The first-order valence-electron chi connectivity index (χ1n) is 7.25. The van der Waals surface area contributed by atoms with Crippen LogP contribution in [0.3, 0.4) is 0 Å². The van der Waals surface area contributed by atoms with E-state index in [1.165, 1.54) is 57.9 Å². The third-order valence-corrected chi connectivity index (χ3v) is 4.17. The Labute approximate surface area is 100 Å². The second-order valence-electron chi connectivity index (χ2n) is 5.45. The number of hydrogen-bond acceptors (Lipinski definition) is 2. The molecule has 0 amide bonds. The summed E-state index contributed by atoms with van der Waals surface area (Å²) < 4.78 is 5.36. The highest BCUT2D eigenvalue weighted by Gasteiger charge is 2.13. The van der Waals surface area contributed by atoms with Crippen molar-refractivity contribution in [2.75, 3.05) is 32.8 Å². The molecule has 0 N–H and O–H groups in total. The second-order valence-corrected chi connectivity index (χ2v) is 5.45. The van der Waals surface area contributed by atoms with Crippen molar-refractivity contribution in [3.63, 3.8) is 0 Å². The Bertz CT molecular complexity index is 152. The van der Waals surface area contributed by atoms with E-state index in [0.29, 0.717) is 0 Å². The summed E-state index contributed by atoms with van der Waals surface area (Å²) in [6.45, 7) is 5.51. The molecule has 0 bridgehead atoms. The van der Waals surface area contributed by atoms with E-state index in [-0.39, 0.29) is 0 Å². The average Bonchev–Trinajstić information content (AvgIpc) is 2.37. The van der Waals surface area contributed by atoms with Crippen molar-refractivity contribution >= 4 is 0 Å². The number of ether oxygens (including phenoxy) is 1. The fourth-order valence-electron chi connectivity index (χ4n) is 3.07. The zero-order chi connectivity index (χ0) is 11.1. The van der Waals surface area contributed by atoms with Crippen LogP contribution in [0.4, 0.5) is 0 Å². The monoisotopic (exact) mass is 225 g/mol. The van der Waals surface area contributed by atoms with E-state index in [1.54, 1.807) is 0 Å². The van der Waals surface area contributed by atoms with Gasteiger partial charge in [-0.05, 0) is 18.9 Å². The van der Waals surface area contributed by atoms with Crippen LogP contribution in [0.15, 0.2) is 0 Å². The van der Waals surface area contributed by atoms with Crippen LogP contribution >= 0.6 is 0 Å². The number of unbranched alkanes of at least 4 members (excludes halogenated alkanes) is 1. The van der Waals surface area contributed by atoms with Gasteiger partial charge in [-0.3, -0.25) is 4.90 Å². The molecule has 0 aromatic heterocycles. The molecule has 2 aliphatic rings. The predicted molar refractivity (Wildman–Crippen MR) is 67.7 cm³/mol. The number of rotatable bonds is 5. The van der Waals surface area contributed by atoms with E-state index in [1.807, 2.05) is 0 Å². The lowest BCUT2D eigenvalue weighted by atomic mass is 9.86. The first-order valence-corrected chi connectivity index (χ1v) is 7.25.